The maximum atomic E-state index is 5.39. The minimum absolute atomic E-state index is 0.423. The van der Waals surface area contributed by atoms with Gasteiger partial charge >= 0.3 is 0 Å². The molecule has 1 aromatic carbocycles. The highest BCUT2D eigenvalue weighted by Gasteiger charge is 2.10. The fraction of sp³-hybridized carbons (Fsp3) is 0.357. The lowest BCUT2D eigenvalue weighted by atomic mass is 9.98. The minimum atomic E-state index is 0.423. The molecule has 2 rings (SSSR count). The first-order valence-electron chi connectivity index (χ1n) is 6.06. The summed E-state index contributed by atoms with van der Waals surface area (Å²) in [5.41, 5.74) is 3.33. The molecule has 0 amide bonds. The van der Waals surface area contributed by atoms with Crippen molar-refractivity contribution in [1.29, 1.82) is 0 Å². The van der Waals surface area contributed by atoms with Gasteiger partial charge in [0.2, 0.25) is 0 Å². The quantitative estimate of drug-likeness (QED) is 0.869. The molecule has 0 atom stereocenters. The van der Waals surface area contributed by atoms with Crippen molar-refractivity contribution in [2.45, 2.75) is 19.8 Å². The molecule has 0 fully saturated rings. The summed E-state index contributed by atoms with van der Waals surface area (Å²) >= 11 is 0. The highest BCUT2D eigenvalue weighted by Crippen LogP contribution is 2.31. The number of aromatic nitrogens is 2. The molecule has 0 spiro atoms. The highest BCUT2D eigenvalue weighted by atomic mass is 16.5. The SMILES string of the molecule is CNc1ncc(-c2ccc(OC)c(C(C)C)c2)[nH]1. The number of nitrogens with zero attached hydrogens (tertiary/aromatic N) is 1. The number of aromatic amines is 1. The number of methoxy groups -OCH3 is 1. The lowest BCUT2D eigenvalue weighted by Gasteiger charge is -2.13. The Hall–Kier alpha value is -1.97. The molecule has 0 unspecified atom stereocenters. The van der Waals surface area contributed by atoms with Crippen molar-refractivity contribution in [3.8, 4) is 17.0 Å². The minimum Gasteiger partial charge on any atom is -0.496 e. The number of H-pyrrole nitrogens is 1. The van der Waals surface area contributed by atoms with Gasteiger partial charge in [0.15, 0.2) is 5.95 Å². The zero-order valence-electron chi connectivity index (χ0n) is 11.2. The van der Waals surface area contributed by atoms with Gasteiger partial charge in [-0.2, -0.15) is 0 Å². The number of ether oxygens (including phenoxy) is 1. The second-order valence-corrected chi connectivity index (χ2v) is 4.51. The topological polar surface area (TPSA) is 49.9 Å². The van der Waals surface area contributed by atoms with Crippen molar-refractivity contribution in [1.82, 2.24) is 9.97 Å². The first-order valence-corrected chi connectivity index (χ1v) is 6.06. The second kappa shape index (κ2) is 5.12. The number of hydrogen-bond donors (Lipinski definition) is 2. The Labute approximate surface area is 107 Å². The number of anilines is 1. The Balaban J connectivity index is 2.42. The van der Waals surface area contributed by atoms with Crippen molar-refractivity contribution in [2.24, 2.45) is 0 Å². The van der Waals surface area contributed by atoms with Gasteiger partial charge in [-0.3, -0.25) is 0 Å². The van der Waals surface area contributed by atoms with E-state index in [1.54, 1.807) is 7.11 Å². The van der Waals surface area contributed by atoms with E-state index in [-0.39, 0.29) is 0 Å². The molecule has 0 radical (unpaired) electrons. The van der Waals surface area contributed by atoms with E-state index in [0.717, 1.165) is 23.0 Å². The molecule has 96 valence electrons. The van der Waals surface area contributed by atoms with E-state index in [2.05, 4.69) is 35.2 Å². The summed E-state index contributed by atoms with van der Waals surface area (Å²) in [5, 5.41) is 2.99. The average molecular weight is 245 g/mol. The van der Waals surface area contributed by atoms with Gasteiger partial charge in [-0.25, -0.2) is 4.98 Å². The lowest BCUT2D eigenvalue weighted by Crippen LogP contribution is -1.95. The van der Waals surface area contributed by atoms with Crippen LogP contribution in [0.4, 0.5) is 5.95 Å². The summed E-state index contributed by atoms with van der Waals surface area (Å²) in [6.45, 7) is 4.32. The van der Waals surface area contributed by atoms with E-state index < -0.39 is 0 Å². The monoisotopic (exact) mass is 245 g/mol. The Bertz CT molecular complexity index is 532. The third-order valence-electron chi connectivity index (χ3n) is 2.98. The molecule has 0 aliphatic rings. The molecule has 2 N–H and O–H groups in total. The molecule has 4 nitrogen and oxygen atoms in total. The second-order valence-electron chi connectivity index (χ2n) is 4.51. The van der Waals surface area contributed by atoms with Gasteiger partial charge < -0.3 is 15.0 Å². The van der Waals surface area contributed by atoms with Crippen LogP contribution in [0.3, 0.4) is 0 Å². The van der Waals surface area contributed by atoms with Crippen LogP contribution in [-0.2, 0) is 0 Å². The van der Waals surface area contributed by atoms with E-state index in [1.807, 2.05) is 25.4 Å². The summed E-state index contributed by atoms with van der Waals surface area (Å²) < 4.78 is 5.39. The van der Waals surface area contributed by atoms with Gasteiger partial charge in [0, 0.05) is 12.6 Å². The summed E-state index contributed by atoms with van der Waals surface area (Å²) in [6.07, 6.45) is 1.83. The van der Waals surface area contributed by atoms with Gasteiger partial charge in [-0.1, -0.05) is 13.8 Å². The Morgan fingerprint density at radius 1 is 1.33 bits per heavy atom. The van der Waals surface area contributed by atoms with Crippen LogP contribution in [0.2, 0.25) is 0 Å². The van der Waals surface area contributed by atoms with Crippen LogP contribution in [0.1, 0.15) is 25.3 Å². The summed E-state index contributed by atoms with van der Waals surface area (Å²) in [5.74, 6) is 2.13. The third kappa shape index (κ3) is 2.32. The molecule has 1 aromatic heterocycles. The fourth-order valence-corrected chi connectivity index (χ4v) is 1.95. The highest BCUT2D eigenvalue weighted by molar-refractivity contribution is 5.63. The Morgan fingerprint density at radius 3 is 2.67 bits per heavy atom. The van der Waals surface area contributed by atoms with Crippen molar-refractivity contribution in [3.63, 3.8) is 0 Å². The smallest absolute Gasteiger partial charge is 0.200 e. The average Bonchev–Trinajstić information content (AvgIpc) is 2.86. The molecule has 1 heterocycles. The van der Waals surface area contributed by atoms with Crippen molar-refractivity contribution >= 4 is 5.95 Å². The molecule has 2 aromatic rings. The maximum Gasteiger partial charge on any atom is 0.200 e. The van der Waals surface area contributed by atoms with Crippen LogP contribution in [-0.4, -0.2) is 24.1 Å². The molecule has 0 aliphatic carbocycles. The van der Waals surface area contributed by atoms with Crippen LogP contribution in [0.5, 0.6) is 5.75 Å². The van der Waals surface area contributed by atoms with Gasteiger partial charge in [0.25, 0.3) is 0 Å². The van der Waals surface area contributed by atoms with Gasteiger partial charge in [0.05, 0.1) is 19.0 Å². The van der Waals surface area contributed by atoms with Gasteiger partial charge in [-0.15, -0.1) is 0 Å². The molecule has 0 bridgehead atoms. The number of benzene rings is 1. The zero-order valence-corrected chi connectivity index (χ0v) is 11.2. The molecule has 0 saturated carbocycles. The standard InChI is InChI=1S/C14H19N3O/c1-9(2)11-7-10(5-6-13(11)18-4)12-8-16-14(15-3)17-12/h5-9H,1-4H3,(H2,15,16,17). The van der Waals surface area contributed by atoms with Crippen molar-refractivity contribution in [2.75, 3.05) is 19.5 Å². The number of nitrogens with one attached hydrogen (secondary N) is 2. The van der Waals surface area contributed by atoms with Crippen LogP contribution < -0.4 is 10.1 Å². The summed E-state index contributed by atoms with van der Waals surface area (Å²) in [6, 6.07) is 6.19. The van der Waals surface area contributed by atoms with Crippen LogP contribution in [0.15, 0.2) is 24.4 Å². The molecule has 0 saturated heterocycles. The molecular formula is C14H19N3O. The fourth-order valence-electron chi connectivity index (χ4n) is 1.95. The largest absolute Gasteiger partial charge is 0.496 e. The molecule has 0 aliphatic heterocycles. The van der Waals surface area contributed by atoms with E-state index >= 15 is 0 Å². The third-order valence-corrected chi connectivity index (χ3v) is 2.98. The van der Waals surface area contributed by atoms with E-state index in [4.69, 9.17) is 4.74 Å². The summed E-state index contributed by atoms with van der Waals surface area (Å²) in [4.78, 5) is 7.45. The Kier molecular flexibility index (Phi) is 3.55. The lowest BCUT2D eigenvalue weighted by molar-refractivity contribution is 0.407. The zero-order chi connectivity index (χ0) is 13.1. The number of hydrogen-bond acceptors (Lipinski definition) is 3. The molecular weight excluding hydrogens is 226 g/mol. The van der Waals surface area contributed by atoms with Crippen LogP contribution in [0.25, 0.3) is 11.3 Å². The predicted molar refractivity (Wildman–Crippen MR) is 74.2 cm³/mol. The van der Waals surface area contributed by atoms with Crippen molar-refractivity contribution < 1.29 is 4.74 Å². The maximum absolute atomic E-state index is 5.39. The van der Waals surface area contributed by atoms with Crippen LogP contribution >= 0.6 is 0 Å². The van der Waals surface area contributed by atoms with E-state index in [0.29, 0.717) is 5.92 Å². The first-order chi connectivity index (χ1) is 8.65. The van der Waals surface area contributed by atoms with Gasteiger partial charge in [0.1, 0.15) is 5.75 Å². The molecule has 4 heteroatoms. The van der Waals surface area contributed by atoms with Crippen molar-refractivity contribution in [3.05, 3.63) is 30.0 Å². The summed E-state index contributed by atoms with van der Waals surface area (Å²) in [7, 11) is 3.55. The molecule has 18 heavy (non-hydrogen) atoms. The first kappa shape index (κ1) is 12.5. The van der Waals surface area contributed by atoms with Crippen LogP contribution in [0, 0.1) is 0 Å². The number of rotatable bonds is 4. The predicted octanol–water partition coefficient (Wildman–Crippen LogP) is 3.25. The number of imidazole rings is 1. The van der Waals surface area contributed by atoms with E-state index in [1.165, 1.54) is 5.56 Å². The normalized spacial score (nSPS) is 10.7. The Morgan fingerprint density at radius 2 is 2.11 bits per heavy atom. The van der Waals surface area contributed by atoms with E-state index in [9.17, 15) is 0 Å². The van der Waals surface area contributed by atoms with Gasteiger partial charge in [-0.05, 0) is 29.7 Å².